The highest BCUT2D eigenvalue weighted by atomic mass is 16.2. The van der Waals surface area contributed by atoms with Gasteiger partial charge in [-0.1, -0.05) is 5.57 Å². The van der Waals surface area contributed by atoms with Gasteiger partial charge >= 0.3 is 0 Å². The first kappa shape index (κ1) is 12.2. The van der Waals surface area contributed by atoms with E-state index >= 15 is 0 Å². The minimum Gasteiger partial charge on any atom is -0.336 e. The normalized spacial score (nSPS) is 26.3. The van der Waals surface area contributed by atoms with Crippen LogP contribution in [-0.4, -0.2) is 29.9 Å². The van der Waals surface area contributed by atoms with Crippen LogP contribution in [-0.2, 0) is 4.79 Å². The van der Waals surface area contributed by atoms with Crippen LogP contribution in [0, 0.1) is 5.92 Å². The van der Waals surface area contributed by atoms with Crippen LogP contribution in [0.5, 0.6) is 0 Å². The van der Waals surface area contributed by atoms with Crippen molar-refractivity contribution in [2.24, 2.45) is 11.7 Å². The van der Waals surface area contributed by atoms with E-state index in [1.807, 2.05) is 18.7 Å². The average Bonchev–Trinajstić information content (AvgIpc) is 2.17. The van der Waals surface area contributed by atoms with Gasteiger partial charge in [-0.3, -0.25) is 4.79 Å². The van der Waals surface area contributed by atoms with Gasteiger partial charge in [-0.25, -0.2) is 0 Å². The fraction of sp³-hybridized carbons (Fsp3) is 0.750. The summed E-state index contributed by atoms with van der Waals surface area (Å²) in [5.41, 5.74) is 6.72. The first-order valence-electron chi connectivity index (χ1n) is 5.70. The molecule has 1 heterocycles. The molecular weight excluding hydrogens is 188 g/mol. The molecule has 1 fully saturated rings. The van der Waals surface area contributed by atoms with Crippen molar-refractivity contribution in [1.82, 2.24) is 4.90 Å². The monoisotopic (exact) mass is 210 g/mol. The van der Waals surface area contributed by atoms with Gasteiger partial charge in [0.1, 0.15) is 0 Å². The molecule has 2 N–H and O–H groups in total. The molecule has 2 unspecified atom stereocenters. The van der Waals surface area contributed by atoms with Crippen LogP contribution in [0.1, 0.15) is 33.6 Å². The largest absolute Gasteiger partial charge is 0.336 e. The molecule has 86 valence electrons. The Morgan fingerprint density at radius 1 is 1.47 bits per heavy atom. The molecule has 1 saturated heterocycles. The maximum Gasteiger partial charge on any atom is 0.246 e. The van der Waals surface area contributed by atoms with E-state index in [4.69, 9.17) is 5.73 Å². The van der Waals surface area contributed by atoms with Gasteiger partial charge in [-0.05, 0) is 46.1 Å². The van der Waals surface area contributed by atoms with Crippen LogP contribution in [0.3, 0.4) is 0 Å². The number of piperidine rings is 1. The molecular formula is C12H22N2O. The van der Waals surface area contributed by atoms with Crippen LogP contribution in [0.25, 0.3) is 0 Å². The number of rotatable bonds is 2. The number of carbonyl (C=O) groups excluding carboxylic acids is 1. The summed E-state index contributed by atoms with van der Waals surface area (Å²) in [5, 5.41) is 0. The van der Waals surface area contributed by atoms with Crippen LogP contribution in [0.2, 0.25) is 0 Å². The van der Waals surface area contributed by atoms with E-state index in [1.54, 1.807) is 6.08 Å². The number of nitrogens with zero attached hydrogens (tertiary/aromatic N) is 1. The Bertz CT molecular complexity index is 256. The van der Waals surface area contributed by atoms with Gasteiger partial charge in [0.05, 0.1) is 0 Å². The smallest absolute Gasteiger partial charge is 0.246 e. The Morgan fingerprint density at radius 2 is 2.13 bits per heavy atom. The lowest BCUT2D eigenvalue weighted by Gasteiger charge is -2.37. The zero-order valence-electron chi connectivity index (χ0n) is 9.99. The molecule has 0 saturated carbocycles. The van der Waals surface area contributed by atoms with Crippen molar-refractivity contribution in [3.63, 3.8) is 0 Å². The summed E-state index contributed by atoms with van der Waals surface area (Å²) < 4.78 is 0. The Hall–Kier alpha value is -0.830. The fourth-order valence-electron chi connectivity index (χ4n) is 2.01. The third kappa shape index (κ3) is 3.34. The lowest BCUT2D eigenvalue weighted by molar-refractivity contribution is -0.130. The third-order valence-corrected chi connectivity index (χ3v) is 3.01. The third-order valence-electron chi connectivity index (χ3n) is 3.01. The molecule has 0 aromatic heterocycles. The van der Waals surface area contributed by atoms with Gasteiger partial charge in [-0.2, -0.15) is 0 Å². The Morgan fingerprint density at radius 3 is 2.67 bits per heavy atom. The van der Waals surface area contributed by atoms with E-state index < -0.39 is 0 Å². The van der Waals surface area contributed by atoms with E-state index in [2.05, 4.69) is 6.92 Å². The van der Waals surface area contributed by atoms with E-state index in [0.717, 1.165) is 25.0 Å². The summed E-state index contributed by atoms with van der Waals surface area (Å²) in [4.78, 5) is 13.8. The topological polar surface area (TPSA) is 46.3 Å². The Kier molecular flexibility index (Phi) is 4.33. The lowest BCUT2D eigenvalue weighted by atomic mass is 9.93. The van der Waals surface area contributed by atoms with Crippen LogP contribution in [0.4, 0.5) is 0 Å². The highest BCUT2D eigenvalue weighted by Crippen LogP contribution is 2.21. The van der Waals surface area contributed by atoms with Gasteiger partial charge in [0.2, 0.25) is 5.91 Å². The van der Waals surface area contributed by atoms with Crippen LogP contribution in [0.15, 0.2) is 11.6 Å². The van der Waals surface area contributed by atoms with Crippen LogP contribution >= 0.6 is 0 Å². The van der Waals surface area contributed by atoms with Gasteiger partial charge in [0.15, 0.2) is 0 Å². The first-order valence-corrected chi connectivity index (χ1v) is 5.70. The van der Waals surface area contributed by atoms with Crippen molar-refractivity contribution in [3.8, 4) is 0 Å². The molecule has 1 rings (SSSR count). The quantitative estimate of drug-likeness (QED) is 0.703. The number of hydrogen-bond donors (Lipinski definition) is 1. The maximum atomic E-state index is 11.9. The first-order chi connectivity index (χ1) is 7.04. The van der Waals surface area contributed by atoms with Crippen molar-refractivity contribution in [2.45, 2.75) is 39.7 Å². The summed E-state index contributed by atoms with van der Waals surface area (Å²) in [6, 6.07) is 0.357. The van der Waals surface area contributed by atoms with Crippen molar-refractivity contribution in [3.05, 3.63) is 11.6 Å². The molecule has 0 spiro atoms. The van der Waals surface area contributed by atoms with Gasteiger partial charge in [0, 0.05) is 18.7 Å². The highest BCUT2D eigenvalue weighted by molar-refractivity contribution is 5.88. The summed E-state index contributed by atoms with van der Waals surface area (Å²) in [6.07, 6.45) is 3.94. The van der Waals surface area contributed by atoms with Crippen molar-refractivity contribution < 1.29 is 4.79 Å². The Labute approximate surface area is 92.3 Å². The van der Waals surface area contributed by atoms with E-state index in [-0.39, 0.29) is 5.91 Å². The molecule has 0 aromatic carbocycles. The SMILES string of the molecule is CC(C)=CC(=O)N1CC(CN)CCC1C. The average molecular weight is 210 g/mol. The second kappa shape index (κ2) is 5.31. The predicted octanol–water partition coefficient (Wildman–Crippen LogP) is 1.54. The van der Waals surface area contributed by atoms with Crippen molar-refractivity contribution in [2.75, 3.05) is 13.1 Å². The van der Waals surface area contributed by atoms with Gasteiger partial charge in [-0.15, -0.1) is 0 Å². The molecule has 2 atom stereocenters. The van der Waals surface area contributed by atoms with E-state index in [9.17, 15) is 4.79 Å². The molecule has 0 aromatic rings. The zero-order chi connectivity index (χ0) is 11.4. The second-order valence-corrected chi connectivity index (χ2v) is 4.74. The number of amides is 1. The second-order valence-electron chi connectivity index (χ2n) is 4.74. The molecule has 15 heavy (non-hydrogen) atoms. The molecule has 1 aliphatic heterocycles. The highest BCUT2D eigenvalue weighted by Gasteiger charge is 2.26. The molecule has 0 aliphatic carbocycles. The molecule has 3 heteroatoms. The molecule has 3 nitrogen and oxygen atoms in total. The number of nitrogens with two attached hydrogens (primary N) is 1. The zero-order valence-corrected chi connectivity index (χ0v) is 9.99. The maximum absolute atomic E-state index is 11.9. The summed E-state index contributed by atoms with van der Waals surface area (Å²) >= 11 is 0. The van der Waals surface area contributed by atoms with E-state index in [1.165, 1.54) is 0 Å². The lowest BCUT2D eigenvalue weighted by Crippen LogP contribution is -2.46. The van der Waals surface area contributed by atoms with Crippen molar-refractivity contribution in [1.29, 1.82) is 0 Å². The Balaban J connectivity index is 2.65. The minimum absolute atomic E-state index is 0.139. The summed E-state index contributed by atoms with van der Waals surface area (Å²) in [6.45, 7) is 7.52. The van der Waals surface area contributed by atoms with Crippen molar-refractivity contribution >= 4 is 5.91 Å². The molecule has 1 amide bonds. The number of hydrogen-bond acceptors (Lipinski definition) is 2. The summed E-state index contributed by atoms with van der Waals surface area (Å²) in [7, 11) is 0. The van der Waals surface area contributed by atoms with Crippen LogP contribution < -0.4 is 5.73 Å². The molecule has 0 bridgehead atoms. The minimum atomic E-state index is 0.139. The van der Waals surface area contributed by atoms with Gasteiger partial charge < -0.3 is 10.6 Å². The number of likely N-dealkylation sites (tertiary alicyclic amines) is 1. The number of allylic oxidation sites excluding steroid dienone is 1. The van der Waals surface area contributed by atoms with Gasteiger partial charge in [0.25, 0.3) is 0 Å². The molecule has 0 radical (unpaired) electrons. The predicted molar refractivity (Wildman–Crippen MR) is 62.4 cm³/mol. The molecule has 1 aliphatic rings. The fourth-order valence-corrected chi connectivity index (χ4v) is 2.01. The number of carbonyl (C=O) groups is 1. The standard InChI is InChI=1S/C12H22N2O/c1-9(2)6-12(15)14-8-11(7-13)5-4-10(14)3/h6,10-11H,4-5,7-8,13H2,1-3H3. The van der Waals surface area contributed by atoms with E-state index in [0.29, 0.717) is 18.5 Å². The summed E-state index contributed by atoms with van der Waals surface area (Å²) in [5.74, 6) is 0.622.